The Hall–Kier alpha value is -7.16. The van der Waals surface area contributed by atoms with Crippen molar-refractivity contribution in [3.05, 3.63) is 247 Å². The number of anilines is 2. The highest BCUT2D eigenvalue weighted by Gasteiger charge is 2.28. The van der Waals surface area contributed by atoms with Crippen LogP contribution < -0.4 is 4.90 Å². The molecule has 0 N–H and O–H groups in total. The summed E-state index contributed by atoms with van der Waals surface area (Å²) < 4.78 is 2.55. The van der Waals surface area contributed by atoms with E-state index in [1.165, 1.54) is 83.7 Å². The third-order valence-corrected chi connectivity index (χ3v) is 13.6. The Morgan fingerprint density at radius 3 is 1.80 bits per heavy atom. The Morgan fingerprint density at radius 1 is 0.641 bits per heavy atom. The van der Waals surface area contributed by atoms with Crippen LogP contribution in [0.15, 0.2) is 230 Å². The van der Waals surface area contributed by atoms with Crippen LogP contribution in [0.2, 0.25) is 0 Å². The molecule has 0 bridgehead atoms. The van der Waals surface area contributed by atoms with Crippen molar-refractivity contribution in [2.24, 2.45) is 5.41 Å². The molecule has 2 nitrogen and oxygen atoms in total. The molecule has 2 aliphatic rings. The van der Waals surface area contributed by atoms with E-state index in [1.807, 2.05) is 0 Å². The normalized spacial score (nSPS) is 17.2. The van der Waals surface area contributed by atoms with Gasteiger partial charge in [0, 0.05) is 40.1 Å². The van der Waals surface area contributed by atoms with Crippen molar-refractivity contribution in [2.75, 3.05) is 11.4 Å². The molecule has 10 rings (SSSR count). The summed E-state index contributed by atoms with van der Waals surface area (Å²) >= 11 is 0. The second-order valence-electron chi connectivity index (χ2n) is 17.7. The Balaban J connectivity index is 0.970. The van der Waals surface area contributed by atoms with Gasteiger partial charge in [-0.15, -0.1) is 0 Å². The fourth-order valence-corrected chi connectivity index (χ4v) is 10.0. The Labute approximate surface area is 379 Å². The fraction of sp³-hybridized carbons (Fsp3) is 0.161. The number of rotatable bonds is 12. The first-order valence-electron chi connectivity index (χ1n) is 23.2. The van der Waals surface area contributed by atoms with E-state index in [0.717, 1.165) is 38.6 Å². The van der Waals surface area contributed by atoms with Gasteiger partial charge in [-0.25, -0.2) is 0 Å². The van der Waals surface area contributed by atoms with Gasteiger partial charge in [0.05, 0.1) is 5.52 Å². The molecule has 0 radical (unpaired) electrons. The molecule has 0 aliphatic heterocycles. The summed E-state index contributed by atoms with van der Waals surface area (Å²) in [5.74, 6) is 0.522. The van der Waals surface area contributed by atoms with Crippen LogP contribution in [0.5, 0.6) is 0 Å². The van der Waals surface area contributed by atoms with E-state index in [9.17, 15) is 0 Å². The summed E-state index contributed by atoms with van der Waals surface area (Å²) in [5.41, 5.74) is 18.0. The zero-order valence-electron chi connectivity index (χ0n) is 37.1. The first kappa shape index (κ1) is 40.9. The zero-order valence-corrected chi connectivity index (χ0v) is 37.1. The molecular weight excluding hydrogens is 773 g/mol. The number of hydrogen-bond donors (Lipinski definition) is 0. The first-order chi connectivity index (χ1) is 31.5. The van der Waals surface area contributed by atoms with E-state index in [-0.39, 0.29) is 5.41 Å². The van der Waals surface area contributed by atoms with E-state index in [0.29, 0.717) is 5.92 Å². The van der Waals surface area contributed by atoms with Crippen LogP contribution >= 0.6 is 0 Å². The van der Waals surface area contributed by atoms with Crippen LogP contribution in [-0.4, -0.2) is 11.1 Å². The van der Waals surface area contributed by atoms with Crippen molar-refractivity contribution in [3.63, 3.8) is 0 Å². The monoisotopic (exact) mass is 828 g/mol. The molecule has 64 heavy (non-hydrogen) atoms. The molecule has 0 fully saturated rings. The predicted octanol–water partition coefficient (Wildman–Crippen LogP) is 16.5. The maximum Gasteiger partial charge on any atom is 0.0534 e. The van der Waals surface area contributed by atoms with Crippen LogP contribution in [0.25, 0.3) is 50.0 Å². The van der Waals surface area contributed by atoms with Crippen molar-refractivity contribution in [3.8, 4) is 39.1 Å². The van der Waals surface area contributed by atoms with Gasteiger partial charge in [0.15, 0.2) is 0 Å². The second-order valence-corrected chi connectivity index (χ2v) is 17.7. The van der Waals surface area contributed by atoms with Crippen LogP contribution in [-0.2, 0) is 12.8 Å². The molecule has 0 saturated carbocycles. The van der Waals surface area contributed by atoms with Crippen molar-refractivity contribution in [1.82, 2.24) is 4.57 Å². The average molecular weight is 829 g/mol. The minimum atomic E-state index is -0.0405. The molecule has 2 atom stereocenters. The highest BCUT2D eigenvalue weighted by atomic mass is 15.1. The largest absolute Gasteiger partial charge is 0.338 e. The van der Waals surface area contributed by atoms with Crippen molar-refractivity contribution < 1.29 is 0 Å². The number of fused-ring (bicyclic) bond motifs is 3. The van der Waals surface area contributed by atoms with Crippen LogP contribution in [0, 0.1) is 5.41 Å². The topological polar surface area (TPSA) is 8.17 Å². The van der Waals surface area contributed by atoms with Crippen molar-refractivity contribution in [1.29, 1.82) is 0 Å². The highest BCUT2D eigenvalue weighted by molar-refractivity contribution is 5.92. The molecule has 1 heterocycles. The van der Waals surface area contributed by atoms with Gasteiger partial charge in [-0.05, 0) is 137 Å². The van der Waals surface area contributed by atoms with Gasteiger partial charge in [0.1, 0.15) is 0 Å². The smallest absolute Gasteiger partial charge is 0.0534 e. The Bertz CT molecular complexity index is 2970. The van der Waals surface area contributed by atoms with Gasteiger partial charge in [-0.2, -0.15) is 0 Å². The zero-order chi connectivity index (χ0) is 43.3. The molecule has 2 unspecified atom stereocenters. The van der Waals surface area contributed by atoms with Gasteiger partial charge >= 0.3 is 0 Å². The molecule has 8 aromatic rings. The van der Waals surface area contributed by atoms with E-state index in [4.69, 9.17) is 0 Å². The van der Waals surface area contributed by atoms with E-state index in [1.54, 1.807) is 0 Å². The van der Waals surface area contributed by atoms with Crippen LogP contribution in [0.4, 0.5) is 11.4 Å². The fourth-order valence-electron chi connectivity index (χ4n) is 10.0. The van der Waals surface area contributed by atoms with Gasteiger partial charge in [-0.1, -0.05) is 190 Å². The lowest BCUT2D eigenvalue weighted by atomic mass is 9.76. The summed E-state index contributed by atoms with van der Waals surface area (Å²) in [5, 5.41) is 1.38. The molecule has 0 spiro atoms. The van der Waals surface area contributed by atoms with Crippen molar-refractivity contribution >= 4 is 22.3 Å². The van der Waals surface area contributed by atoms with E-state index >= 15 is 0 Å². The number of aromatic nitrogens is 1. The van der Waals surface area contributed by atoms with Gasteiger partial charge in [0.2, 0.25) is 0 Å². The quantitative estimate of drug-likeness (QED) is 0.111. The first-order valence-corrected chi connectivity index (χ1v) is 23.2. The lowest BCUT2D eigenvalue weighted by Crippen LogP contribution is -2.21. The molecular formula is C62H56N2. The summed E-state index contributed by atoms with van der Waals surface area (Å²) in [6, 6.07) is 67.1. The summed E-state index contributed by atoms with van der Waals surface area (Å²) in [6.07, 6.45) is 21.3. The summed E-state index contributed by atoms with van der Waals surface area (Å²) in [6.45, 7) is 5.32. The maximum atomic E-state index is 2.55. The second kappa shape index (κ2) is 18.3. The molecule has 2 heteroatoms. The van der Waals surface area contributed by atoms with E-state index in [2.05, 4.69) is 248 Å². The van der Waals surface area contributed by atoms with Gasteiger partial charge in [-0.3, -0.25) is 0 Å². The van der Waals surface area contributed by atoms with Crippen LogP contribution in [0.3, 0.4) is 0 Å². The molecule has 0 amide bonds. The predicted molar refractivity (Wildman–Crippen MR) is 273 cm³/mol. The summed E-state index contributed by atoms with van der Waals surface area (Å²) in [7, 11) is 0. The average Bonchev–Trinajstić information content (AvgIpc) is 3.69. The molecule has 2 aliphatic carbocycles. The highest BCUT2D eigenvalue weighted by Crippen LogP contribution is 2.42. The third-order valence-electron chi connectivity index (χ3n) is 13.6. The lowest BCUT2D eigenvalue weighted by Gasteiger charge is -2.30. The number of benzene rings is 7. The molecule has 1 aromatic heterocycles. The number of allylic oxidation sites excluding steroid dienone is 7. The molecule has 7 aromatic carbocycles. The Kier molecular flexibility index (Phi) is 11.7. The van der Waals surface area contributed by atoms with E-state index < -0.39 is 0 Å². The molecule has 314 valence electrons. The third kappa shape index (κ3) is 8.37. The van der Waals surface area contributed by atoms with Gasteiger partial charge < -0.3 is 9.47 Å². The number of nitrogens with zero attached hydrogens (tertiary/aromatic N) is 2. The minimum absolute atomic E-state index is 0.0405. The lowest BCUT2D eigenvalue weighted by molar-refractivity contribution is 0.528. The van der Waals surface area contributed by atoms with Crippen LogP contribution in [0.1, 0.15) is 55.8 Å². The standard InChI is InChI=1S/C62H56N2/c1-3-4-23-54(62(2)41-15-8-16-42-62)40-43-63(55-32-24-49(25-33-55)46-17-9-5-10-18-46)56-34-26-50(27-35-56)51-28-36-57(37-29-51)64-60-38-30-52(47-19-11-6-12-20-47)44-58(60)59-45-53(31-39-61(59)64)48-21-13-7-14-22-48/h4-30,32-38,40-41,44,53H,3,31,39,42-43,45H2,1-2H3/b23-4-,54-40+. The summed E-state index contributed by atoms with van der Waals surface area (Å²) in [4.78, 5) is 2.44. The molecule has 0 saturated heterocycles. The minimum Gasteiger partial charge on any atom is -0.338 e. The Morgan fingerprint density at radius 2 is 1.20 bits per heavy atom. The number of hydrogen-bond acceptors (Lipinski definition) is 1. The maximum absolute atomic E-state index is 2.55. The SMILES string of the molecule is CC/C=C\C(=C/CN(c1ccc(-c2ccccc2)cc1)c1ccc(-c2ccc(-n3c4c(c5cc(-c6ccccc6)ccc53)CC(c3ccccc3)CC4)cc2)cc1)C1(C)C=CC=CC1. The van der Waals surface area contributed by atoms with Crippen molar-refractivity contribution in [2.45, 2.75) is 51.9 Å². The van der Waals surface area contributed by atoms with Gasteiger partial charge in [0.25, 0.3) is 0 Å².